The number of benzene rings is 2. The van der Waals surface area contributed by atoms with Crippen LogP contribution in [-0.2, 0) is 0 Å². The van der Waals surface area contributed by atoms with Gasteiger partial charge in [-0.2, -0.15) is 5.10 Å². The predicted octanol–water partition coefficient (Wildman–Crippen LogP) is 3.04. The zero-order valence-corrected chi connectivity index (χ0v) is 16.6. The summed E-state index contributed by atoms with van der Waals surface area (Å²) >= 11 is 0. The molecular weight excluding hydrogens is 398 g/mol. The number of non-ortho nitro benzene ring substituents is 1. The standard InChI is InChI=1S/C21H15N7O3/c1-12-17-20(27(25-12)15-6-4-3-5-7-15)24-19-18(23-17)21(29)26(13(2)22-19)14-8-10-16(11-9-14)28(30)31/h3-11H,1-2H3. The van der Waals surface area contributed by atoms with Crippen LogP contribution in [0.4, 0.5) is 5.69 Å². The second-order valence-corrected chi connectivity index (χ2v) is 6.97. The largest absolute Gasteiger partial charge is 0.286 e. The number of nitro benzene ring substituents is 1. The van der Waals surface area contributed by atoms with Gasteiger partial charge in [0.25, 0.3) is 11.2 Å². The Bertz CT molecular complexity index is 1540. The molecular formula is C21H15N7O3. The minimum absolute atomic E-state index is 0.0614. The predicted molar refractivity (Wildman–Crippen MR) is 114 cm³/mol. The number of aryl methyl sites for hydroxylation is 2. The molecule has 3 heterocycles. The van der Waals surface area contributed by atoms with Crippen LogP contribution in [0.1, 0.15) is 11.5 Å². The highest BCUT2D eigenvalue weighted by atomic mass is 16.6. The van der Waals surface area contributed by atoms with Crippen molar-refractivity contribution in [2.75, 3.05) is 0 Å². The van der Waals surface area contributed by atoms with Gasteiger partial charge in [-0.3, -0.25) is 19.5 Å². The molecule has 10 heteroatoms. The fourth-order valence-corrected chi connectivity index (χ4v) is 3.51. The molecule has 0 aliphatic carbocycles. The molecule has 0 N–H and O–H groups in total. The zero-order chi connectivity index (χ0) is 21.7. The molecule has 5 aromatic rings. The molecule has 31 heavy (non-hydrogen) atoms. The number of hydrogen-bond donors (Lipinski definition) is 0. The summed E-state index contributed by atoms with van der Waals surface area (Å²) in [6.07, 6.45) is 0. The summed E-state index contributed by atoms with van der Waals surface area (Å²) in [5, 5.41) is 15.4. The Labute approximate surface area is 174 Å². The number of nitrogens with zero attached hydrogens (tertiary/aromatic N) is 7. The zero-order valence-electron chi connectivity index (χ0n) is 16.6. The van der Waals surface area contributed by atoms with E-state index >= 15 is 0 Å². The van der Waals surface area contributed by atoms with Crippen molar-refractivity contribution < 1.29 is 4.92 Å². The van der Waals surface area contributed by atoms with Crippen LogP contribution >= 0.6 is 0 Å². The molecule has 5 rings (SSSR count). The van der Waals surface area contributed by atoms with E-state index in [2.05, 4.69) is 20.1 Å². The molecule has 3 aromatic heterocycles. The third-order valence-corrected chi connectivity index (χ3v) is 4.97. The second-order valence-electron chi connectivity index (χ2n) is 6.97. The Balaban J connectivity index is 1.75. The third-order valence-electron chi connectivity index (χ3n) is 4.97. The molecule has 0 fully saturated rings. The Kier molecular flexibility index (Phi) is 4.07. The van der Waals surface area contributed by atoms with E-state index in [4.69, 9.17) is 0 Å². The van der Waals surface area contributed by atoms with Crippen molar-refractivity contribution in [3.8, 4) is 11.4 Å². The third kappa shape index (κ3) is 2.92. The van der Waals surface area contributed by atoms with Gasteiger partial charge in [0, 0.05) is 12.1 Å². The average molecular weight is 413 g/mol. The molecule has 0 spiro atoms. The summed E-state index contributed by atoms with van der Waals surface area (Å²) in [6, 6.07) is 15.2. The highest BCUT2D eigenvalue weighted by molar-refractivity contribution is 5.84. The van der Waals surface area contributed by atoms with Gasteiger partial charge in [0.05, 0.1) is 22.0 Å². The molecule has 0 saturated heterocycles. The average Bonchev–Trinajstić information content (AvgIpc) is 3.09. The summed E-state index contributed by atoms with van der Waals surface area (Å²) < 4.78 is 3.04. The number of aromatic nitrogens is 6. The number of fused-ring (bicyclic) bond motifs is 2. The molecule has 152 valence electrons. The van der Waals surface area contributed by atoms with Crippen molar-refractivity contribution in [1.29, 1.82) is 0 Å². The quantitative estimate of drug-likeness (QED) is 0.329. The van der Waals surface area contributed by atoms with E-state index in [9.17, 15) is 14.9 Å². The van der Waals surface area contributed by atoms with Gasteiger partial charge in [0.2, 0.25) is 0 Å². The molecule has 0 unspecified atom stereocenters. The topological polar surface area (TPSA) is 122 Å². The van der Waals surface area contributed by atoms with Crippen LogP contribution in [0, 0.1) is 24.0 Å². The van der Waals surface area contributed by atoms with Gasteiger partial charge in [0.15, 0.2) is 16.8 Å². The minimum Gasteiger partial charge on any atom is -0.266 e. The minimum atomic E-state index is -0.493. The van der Waals surface area contributed by atoms with Crippen LogP contribution in [-0.4, -0.2) is 34.2 Å². The van der Waals surface area contributed by atoms with E-state index in [-0.39, 0.29) is 16.9 Å². The molecule has 2 aromatic carbocycles. The smallest absolute Gasteiger partial charge is 0.266 e. The normalized spacial score (nSPS) is 11.3. The lowest BCUT2D eigenvalue weighted by Crippen LogP contribution is -2.23. The van der Waals surface area contributed by atoms with Crippen LogP contribution in [0.5, 0.6) is 0 Å². The van der Waals surface area contributed by atoms with Gasteiger partial charge in [-0.05, 0) is 38.1 Å². The number of para-hydroxylation sites is 1. The van der Waals surface area contributed by atoms with Gasteiger partial charge in [-0.15, -0.1) is 0 Å². The van der Waals surface area contributed by atoms with Crippen LogP contribution in [0.2, 0.25) is 0 Å². The lowest BCUT2D eigenvalue weighted by molar-refractivity contribution is -0.384. The van der Waals surface area contributed by atoms with E-state index in [1.54, 1.807) is 18.5 Å². The molecule has 0 aliphatic heterocycles. The first-order valence-corrected chi connectivity index (χ1v) is 9.41. The second kappa shape index (κ2) is 6.80. The van der Waals surface area contributed by atoms with E-state index in [0.717, 1.165) is 5.69 Å². The molecule has 0 bridgehead atoms. The summed E-state index contributed by atoms with van der Waals surface area (Å²) in [4.78, 5) is 37.3. The van der Waals surface area contributed by atoms with E-state index < -0.39 is 10.5 Å². The molecule has 10 nitrogen and oxygen atoms in total. The van der Waals surface area contributed by atoms with Gasteiger partial charge in [-0.1, -0.05) is 18.2 Å². The van der Waals surface area contributed by atoms with Crippen LogP contribution in [0.25, 0.3) is 33.7 Å². The van der Waals surface area contributed by atoms with E-state index in [1.807, 2.05) is 30.3 Å². The molecule has 0 atom stereocenters. The van der Waals surface area contributed by atoms with Gasteiger partial charge >= 0.3 is 0 Å². The first kappa shape index (κ1) is 18.6. The first-order valence-electron chi connectivity index (χ1n) is 9.41. The van der Waals surface area contributed by atoms with Gasteiger partial charge in [0.1, 0.15) is 11.3 Å². The lowest BCUT2D eigenvalue weighted by Gasteiger charge is -2.10. The summed E-state index contributed by atoms with van der Waals surface area (Å²) in [5.41, 5.74) is 2.79. The molecule has 0 saturated carbocycles. The Morgan fingerprint density at radius 3 is 2.26 bits per heavy atom. The van der Waals surface area contributed by atoms with Crippen molar-refractivity contribution in [3.63, 3.8) is 0 Å². The number of nitro groups is 1. The fraction of sp³-hybridized carbons (Fsp3) is 0.0952. The van der Waals surface area contributed by atoms with Gasteiger partial charge in [-0.25, -0.2) is 19.6 Å². The summed E-state index contributed by atoms with van der Waals surface area (Å²) in [5.74, 6) is 0.391. The summed E-state index contributed by atoms with van der Waals surface area (Å²) in [6.45, 7) is 3.48. The maximum absolute atomic E-state index is 13.3. The number of rotatable bonds is 3. The fourth-order valence-electron chi connectivity index (χ4n) is 3.51. The Hall–Kier alpha value is -4.47. The highest BCUT2D eigenvalue weighted by Gasteiger charge is 2.18. The van der Waals surface area contributed by atoms with Crippen molar-refractivity contribution >= 4 is 28.0 Å². The van der Waals surface area contributed by atoms with Crippen LogP contribution in [0.3, 0.4) is 0 Å². The van der Waals surface area contributed by atoms with Crippen molar-refractivity contribution in [2.45, 2.75) is 13.8 Å². The Morgan fingerprint density at radius 1 is 0.871 bits per heavy atom. The van der Waals surface area contributed by atoms with Crippen LogP contribution < -0.4 is 5.56 Å². The van der Waals surface area contributed by atoms with E-state index in [1.165, 1.54) is 28.8 Å². The number of hydrogen-bond acceptors (Lipinski definition) is 7. The van der Waals surface area contributed by atoms with Crippen molar-refractivity contribution in [1.82, 2.24) is 29.3 Å². The maximum Gasteiger partial charge on any atom is 0.286 e. The first-order chi connectivity index (χ1) is 14.9. The van der Waals surface area contributed by atoms with Crippen LogP contribution in [0.15, 0.2) is 59.4 Å². The summed E-state index contributed by atoms with van der Waals surface area (Å²) in [7, 11) is 0. The monoisotopic (exact) mass is 413 g/mol. The van der Waals surface area contributed by atoms with E-state index in [0.29, 0.717) is 28.4 Å². The SMILES string of the molecule is Cc1nn(-c2ccccc2)c2nc3nc(C)n(-c4ccc([N+](=O)[O-])cc4)c(=O)c3nc12. The Morgan fingerprint density at radius 2 is 1.58 bits per heavy atom. The van der Waals surface area contributed by atoms with Crippen molar-refractivity contribution in [3.05, 3.63) is 86.6 Å². The maximum atomic E-state index is 13.3. The molecule has 0 amide bonds. The molecule has 0 radical (unpaired) electrons. The van der Waals surface area contributed by atoms with Crippen molar-refractivity contribution in [2.24, 2.45) is 0 Å². The highest BCUT2D eigenvalue weighted by Crippen LogP contribution is 2.21. The lowest BCUT2D eigenvalue weighted by atomic mass is 10.2. The van der Waals surface area contributed by atoms with Gasteiger partial charge < -0.3 is 0 Å². The molecule has 0 aliphatic rings.